The van der Waals surface area contributed by atoms with E-state index in [1.165, 1.54) is 23.0 Å². The molecule has 17 heavy (non-hydrogen) atoms. The van der Waals surface area contributed by atoms with Gasteiger partial charge in [-0.2, -0.15) is 4.72 Å². The highest BCUT2D eigenvalue weighted by atomic mass is 32.2. The van der Waals surface area contributed by atoms with E-state index in [4.69, 9.17) is 10.2 Å². The molecule has 0 aliphatic rings. The zero-order chi connectivity index (χ0) is 13.1. The lowest BCUT2D eigenvalue weighted by Crippen LogP contribution is -2.41. The third-order valence-corrected chi connectivity index (χ3v) is 3.59. The smallest absolute Gasteiger partial charge is 0.321 e. The maximum absolute atomic E-state index is 11.8. The van der Waals surface area contributed by atoms with Gasteiger partial charge in [0.15, 0.2) is 0 Å². The molecule has 0 radical (unpaired) electrons. The molecule has 1 aromatic rings. The molecule has 3 N–H and O–H groups in total. The lowest BCUT2D eigenvalue weighted by Gasteiger charge is -2.12. The molecule has 0 spiro atoms. The topological polar surface area (TPSA) is 109 Å². The first kappa shape index (κ1) is 13.7. The first-order chi connectivity index (χ1) is 7.86. The van der Waals surface area contributed by atoms with E-state index >= 15 is 0 Å². The van der Waals surface area contributed by atoms with E-state index in [0.29, 0.717) is 0 Å². The zero-order valence-electron chi connectivity index (χ0n) is 9.20. The van der Waals surface area contributed by atoms with E-state index in [1.54, 1.807) is 7.05 Å². The molecular formula is C9H14N2O5S. The summed E-state index contributed by atoms with van der Waals surface area (Å²) >= 11 is 0. The second kappa shape index (κ2) is 5.30. The number of carboxylic acid groups (broad SMARTS) is 1. The quantitative estimate of drug-likeness (QED) is 0.618. The van der Waals surface area contributed by atoms with Gasteiger partial charge in [-0.25, -0.2) is 8.42 Å². The van der Waals surface area contributed by atoms with Crippen LogP contribution in [0.1, 0.15) is 6.42 Å². The van der Waals surface area contributed by atoms with Gasteiger partial charge in [0, 0.05) is 26.0 Å². The highest BCUT2D eigenvalue weighted by Gasteiger charge is 2.25. The number of sulfonamides is 1. The van der Waals surface area contributed by atoms with Crippen LogP contribution in [-0.2, 0) is 21.9 Å². The highest BCUT2D eigenvalue weighted by Crippen LogP contribution is 2.09. The Kier molecular flexibility index (Phi) is 4.27. The summed E-state index contributed by atoms with van der Waals surface area (Å²) in [6, 6.07) is 0.0328. The number of aryl methyl sites for hydroxylation is 1. The van der Waals surface area contributed by atoms with Gasteiger partial charge in [-0.15, -0.1) is 0 Å². The third-order valence-electron chi connectivity index (χ3n) is 2.13. The Morgan fingerprint density at radius 2 is 2.24 bits per heavy atom. The summed E-state index contributed by atoms with van der Waals surface area (Å²) in [5.74, 6) is -1.32. The summed E-state index contributed by atoms with van der Waals surface area (Å²) in [7, 11) is -2.21. The Hall–Kier alpha value is -1.38. The number of aromatic nitrogens is 1. The average Bonchev–Trinajstić information content (AvgIpc) is 2.64. The number of aliphatic carboxylic acids is 1. The summed E-state index contributed by atoms with van der Waals surface area (Å²) in [6.07, 6.45) is 2.72. The van der Waals surface area contributed by atoms with Crippen LogP contribution < -0.4 is 4.72 Å². The molecule has 7 nitrogen and oxygen atoms in total. The van der Waals surface area contributed by atoms with E-state index in [1.807, 2.05) is 4.72 Å². The molecule has 1 aromatic heterocycles. The molecule has 0 fully saturated rings. The second-order valence-electron chi connectivity index (χ2n) is 3.54. The predicted molar refractivity (Wildman–Crippen MR) is 58.9 cm³/mol. The maximum atomic E-state index is 11.8. The lowest BCUT2D eigenvalue weighted by molar-refractivity contribution is -0.139. The van der Waals surface area contributed by atoms with Crippen molar-refractivity contribution in [3.8, 4) is 0 Å². The van der Waals surface area contributed by atoms with Gasteiger partial charge >= 0.3 is 5.97 Å². The zero-order valence-corrected chi connectivity index (χ0v) is 10.0. The van der Waals surface area contributed by atoms with Crippen molar-refractivity contribution in [1.82, 2.24) is 9.29 Å². The van der Waals surface area contributed by atoms with Gasteiger partial charge in [0.05, 0.1) is 4.90 Å². The number of carbonyl (C=O) groups is 1. The van der Waals surface area contributed by atoms with Crippen molar-refractivity contribution in [3.63, 3.8) is 0 Å². The van der Waals surface area contributed by atoms with Gasteiger partial charge in [-0.3, -0.25) is 4.79 Å². The fraction of sp³-hybridized carbons (Fsp3) is 0.444. The normalized spacial score (nSPS) is 13.5. The van der Waals surface area contributed by atoms with Crippen LogP contribution in [0.15, 0.2) is 23.4 Å². The Morgan fingerprint density at radius 3 is 2.65 bits per heavy atom. The van der Waals surface area contributed by atoms with Crippen molar-refractivity contribution < 1.29 is 23.4 Å². The largest absolute Gasteiger partial charge is 0.480 e. The van der Waals surface area contributed by atoms with Crippen LogP contribution >= 0.6 is 0 Å². The number of hydrogen-bond donors (Lipinski definition) is 3. The monoisotopic (exact) mass is 262 g/mol. The Labute approximate surface area is 98.7 Å². The fourth-order valence-electron chi connectivity index (χ4n) is 1.25. The lowest BCUT2D eigenvalue weighted by atomic mass is 10.2. The first-order valence-electron chi connectivity index (χ1n) is 4.85. The summed E-state index contributed by atoms with van der Waals surface area (Å²) < 4.78 is 27.1. The van der Waals surface area contributed by atoms with Crippen LogP contribution in [-0.4, -0.2) is 41.8 Å². The Balaban J connectivity index is 2.88. The molecule has 1 rings (SSSR count). The molecule has 0 aromatic carbocycles. The number of aliphatic hydroxyl groups excluding tert-OH is 1. The molecule has 96 valence electrons. The molecule has 0 saturated carbocycles. The standard InChI is InChI=1S/C9H14N2O5S/c1-11-4-2-7(6-11)17(15,16)10-8(3-5-12)9(13)14/h2,4,6,8,10,12H,3,5H2,1H3,(H,13,14). The maximum Gasteiger partial charge on any atom is 0.321 e. The second-order valence-corrected chi connectivity index (χ2v) is 5.25. The Morgan fingerprint density at radius 1 is 1.59 bits per heavy atom. The van der Waals surface area contributed by atoms with Crippen LogP contribution in [0.2, 0.25) is 0 Å². The number of carboxylic acids is 1. The van der Waals surface area contributed by atoms with Gasteiger partial charge in [0.25, 0.3) is 0 Å². The minimum Gasteiger partial charge on any atom is -0.480 e. The number of nitrogens with zero attached hydrogens (tertiary/aromatic N) is 1. The van der Waals surface area contributed by atoms with Crippen molar-refractivity contribution in [3.05, 3.63) is 18.5 Å². The van der Waals surface area contributed by atoms with Crippen LogP contribution in [0.25, 0.3) is 0 Å². The molecule has 1 unspecified atom stereocenters. The van der Waals surface area contributed by atoms with Gasteiger partial charge in [0.2, 0.25) is 10.0 Å². The minimum absolute atomic E-state index is 0.0100. The van der Waals surface area contributed by atoms with Crippen molar-refractivity contribution in [2.45, 2.75) is 17.4 Å². The number of hydrogen-bond acceptors (Lipinski definition) is 4. The molecule has 0 amide bonds. The van der Waals surface area contributed by atoms with E-state index < -0.39 is 28.6 Å². The molecule has 1 heterocycles. The highest BCUT2D eigenvalue weighted by molar-refractivity contribution is 7.89. The SMILES string of the molecule is Cn1ccc(S(=O)(=O)NC(CCO)C(=O)O)c1. The van der Waals surface area contributed by atoms with Crippen molar-refractivity contribution in [2.24, 2.45) is 7.05 Å². The van der Waals surface area contributed by atoms with Crippen molar-refractivity contribution in [2.75, 3.05) is 6.61 Å². The van der Waals surface area contributed by atoms with E-state index in [-0.39, 0.29) is 11.3 Å². The van der Waals surface area contributed by atoms with E-state index in [9.17, 15) is 13.2 Å². The van der Waals surface area contributed by atoms with E-state index in [0.717, 1.165) is 0 Å². The van der Waals surface area contributed by atoms with Crippen molar-refractivity contribution in [1.29, 1.82) is 0 Å². The predicted octanol–water partition coefficient (Wildman–Crippen LogP) is -0.861. The molecule has 0 aliphatic heterocycles. The molecular weight excluding hydrogens is 248 g/mol. The average molecular weight is 262 g/mol. The summed E-state index contributed by atoms with van der Waals surface area (Å²) in [5, 5.41) is 17.4. The van der Waals surface area contributed by atoms with Gasteiger partial charge in [-0.1, -0.05) is 0 Å². The Bertz CT molecular complexity index is 493. The number of nitrogens with one attached hydrogen (secondary N) is 1. The van der Waals surface area contributed by atoms with Crippen LogP contribution in [0, 0.1) is 0 Å². The van der Waals surface area contributed by atoms with Crippen LogP contribution in [0.4, 0.5) is 0 Å². The molecule has 8 heteroatoms. The molecule has 0 bridgehead atoms. The fourth-order valence-corrected chi connectivity index (χ4v) is 2.53. The molecule has 0 saturated heterocycles. The number of rotatable bonds is 6. The molecule has 1 atom stereocenters. The van der Waals surface area contributed by atoms with E-state index in [2.05, 4.69) is 0 Å². The van der Waals surface area contributed by atoms with Gasteiger partial charge < -0.3 is 14.8 Å². The third kappa shape index (κ3) is 3.55. The van der Waals surface area contributed by atoms with Crippen LogP contribution in [0.5, 0.6) is 0 Å². The van der Waals surface area contributed by atoms with Gasteiger partial charge in [0.1, 0.15) is 6.04 Å². The summed E-state index contributed by atoms with van der Waals surface area (Å²) in [6.45, 7) is -0.408. The van der Waals surface area contributed by atoms with Crippen LogP contribution in [0.3, 0.4) is 0 Å². The first-order valence-corrected chi connectivity index (χ1v) is 6.33. The number of aliphatic hydroxyl groups is 1. The van der Waals surface area contributed by atoms with Gasteiger partial charge in [-0.05, 0) is 12.5 Å². The summed E-state index contributed by atoms with van der Waals surface area (Å²) in [5.41, 5.74) is 0. The molecule has 0 aliphatic carbocycles. The summed E-state index contributed by atoms with van der Waals surface area (Å²) in [4.78, 5) is 10.8. The minimum atomic E-state index is -3.87. The van der Waals surface area contributed by atoms with Crippen molar-refractivity contribution >= 4 is 16.0 Å².